The molecule has 1 aliphatic carbocycles. The minimum absolute atomic E-state index is 0.656. The molecule has 1 fully saturated rings. The first-order valence-corrected chi connectivity index (χ1v) is 12.1. The highest BCUT2D eigenvalue weighted by molar-refractivity contribution is 5.72. The highest BCUT2D eigenvalue weighted by Crippen LogP contribution is 2.38. The van der Waals surface area contributed by atoms with E-state index in [9.17, 15) is 4.79 Å². The lowest BCUT2D eigenvalue weighted by Crippen LogP contribution is -2.25. The molecular weight excluding hydrogens is 370 g/mol. The second-order valence-corrected chi connectivity index (χ2v) is 8.58. The Kier molecular flexibility index (Phi) is 14.2. The van der Waals surface area contributed by atoms with Gasteiger partial charge in [-0.2, -0.15) is 0 Å². The number of benzene rings is 1. The number of ether oxygens (including phenoxy) is 1. The molecule has 0 bridgehead atoms. The van der Waals surface area contributed by atoms with Crippen molar-refractivity contribution in [2.24, 2.45) is 5.92 Å². The Hall–Kier alpha value is -1.61. The molecule has 1 aliphatic rings. The summed E-state index contributed by atoms with van der Waals surface area (Å²) in [6, 6.07) is 8.72. The molecule has 1 aromatic carbocycles. The molecule has 3 nitrogen and oxygen atoms in total. The number of methoxy groups -OCH3 is 1. The standard InChI is InChI=1S/C19H30O.C8H15NO/c1-3-4-5-6-7-16-8-10-17(11-9-16)18-12-14-19(20-2)15-13-18;1-4-9(5-2)6-8(3)7-10/h12-17H,3-11H2,1-2H3;7H,3-6H2,1-2H3. The van der Waals surface area contributed by atoms with E-state index < -0.39 is 0 Å². The molecule has 0 unspecified atom stereocenters. The summed E-state index contributed by atoms with van der Waals surface area (Å²) >= 11 is 0. The van der Waals surface area contributed by atoms with Gasteiger partial charge in [0.15, 0.2) is 0 Å². The fourth-order valence-corrected chi connectivity index (χ4v) is 4.29. The van der Waals surface area contributed by atoms with Crippen molar-refractivity contribution in [3.63, 3.8) is 0 Å². The van der Waals surface area contributed by atoms with Crippen LogP contribution in [0.25, 0.3) is 0 Å². The molecule has 0 saturated heterocycles. The molecule has 3 heteroatoms. The third-order valence-corrected chi connectivity index (χ3v) is 6.39. The summed E-state index contributed by atoms with van der Waals surface area (Å²) in [7, 11) is 1.73. The Balaban J connectivity index is 0.000000382. The molecule has 1 aromatic rings. The van der Waals surface area contributed by atoms with Gasteiger partial charge in [-0.25, -0.2) is 0 Å². The van der Waals surface area contributed by atoms with Gasteiger partial charge in [-0.1, -0.05) is 71.6 Å². The van der Waals surface area contributed by atoms with E-state index in [4.69, 9.17) is 4.74 Å². The highest BCUT2D eigenvalue weighted by atomic mass is 16.5. The van der Waals surface area contributed by atoms with Crippen LogP contribution in [0.3, 0.4) is 0 Å². The summed E-state index contributed by atoms with van der Waals surface area (Å²) in [6.45, 7) is 12.7. The zero-order valence-corrected chi connectivity index (χ0v) is 20.0. The molecule has 2 rings (SSSR count). The van der Waals surface area contributed by atoms with E-state index >= 15 is 0 Å². The number of hydrogen-bond acceptors (Lipinski definition) is 3. The smallest absolute Gasteiger partial charge is 0.146 e. The van der Waals surface area contributed by atoms with Crippen LogP contribution in [0.4, 0.5) is 0 Å². The van der Waals surface area contributed by atoms with Crippen LogP contribution < -0.4 is 4.74 Å². The zero-order valence-electron chi connectivity index (χ0n) is 20.0. The SMILES string of the molecule is C=C(C=O)CN(CC)CC.CCCCCCC1CCC(c2ccc(OC)cc2)CC1. The van der Waals surface area contributed by atoms with Gasteiger partial charge in [-0.05, 0) is 73.9 Å². The van der Waals surface area contributed by atoms with Crippen LogP contribution in [0.15, 0.2) is 36.4 Å². The quantitative estimate of drug-likeness (QED) is 0.209. The predicted molar refractivity (Wildman–Crippen MR) is 129 cm³/mol. The van der Waals surface area contributed by atoms with Gasteiger partial charge >= 0.3 is 0 Å². The number of aldehydes is 1. The van der Waals surface area contributed by atoms with Crippen molar-refractivity contribution in [3.8, 4) is 5.75 Å². The maximum Gasteiger partial charge on any atom is 0.146 e. The first-order chi connectivity index (χ1) is 14.6. The monoisotopic (exact) mass is 415 g/mol. The molecule has 0 radical (unpaired) electrons. The average molecular weight is 416 g/mol. The summed E-state index contributed by atoms with van der Waals surface area (Å²) in [6.07, 6.45) is 13.6. The average Bonchev–Trinajstić information content (AvgIpc) is 2.81. The second kappa shape index (κ2) is 16.1. The summed E-state index contributed by atoms with van der Waals surface area (Å²) in [5.41, 5.74) is 2.17. The number of unbranched alkanes of at least 4 members (excludes halogenated alkanes) is 3. The minimum atomic E-state index is 0.656. The lowest BCUT2D eigenvalue weighted by molar-refractivity contribution is -0.105. The van der Waals surface area contributed by atoms with Crippen molar-refractivity contribution >= 4 is 6.29 Å². The first-order valence-electron chi connectivity index (χ1n) is 12.1. The normalized spacial score (nSPS) is 18.4. The van der Waals surface area contributed by atoms with Gasteiger partial charge in [0.1, 0.15) is 12.0 Å². The van der Waals surface area contributed by atoms with Crippen molar-refractivity contribution in [3.05, 3.63) is 42.0 Å². The Labute approximate surface area is 185 Å². The molecule has 0 heterocycles. The number of carbonyl (C=O) groups is 1. The van der Waals surface area contributed by atoms with E-state index in [1.165, 1.54) is 63.4 Å². The number of rotatable bonds is 12. The Morgan fingerprint density at radius 3 is 2.17 bits per heavy atom. The molecule has 0 amide bonds. The van der Waals surface area contributed by atoms with Crippen molar-refractivity contribution in [2.75, 3.05) is 26.7 Å². The lowest BCUT2D eigenvalue weighted by atomic mass is 9.77. The number of likely N-dealkylation sites (N-methyl/N-ethyl adjacent to an activating group) is 1. The Morgan fingerprint density at radius 2 is 1.67 bits per heavy atom. The van der Waals surface area contributed by atoms with Crippen molar-refractivity contribution in [1.82, 2.24) is 4.90 Å². The van der Waals surface area contributed by atoms with Crippen LogP contribution in [-0.2, 0) is 4.79 Å². The molecule has 170 valence electrons. The lowest BCUT2D eigenvalue weighted by Gasteiger charge is -2.29. The zero-order chi connectivity index (χ0) is 22.2. The van der Waals surface area contributed by atoms with Gasteiger partial charge in [0.05, 0.1) is 7.11 Å². The Morgan fingerprint density at radius 1 is 1.03 bits per heavy atom. The van der Waals surface area contributed by atoms with E-state index in [0.717, 1.165) is 37.0 Å². The second-order valence-electron chi connectivity index (χ2n) is 8.58. The van der Waals surface area contributed by atoms with Gasteiger partial charge in [-0.3, -0.25) is 9.69 Å². The molecular formula is C27H45NO2. The fourth-order valence-electron chi connectivity index (χ4n) is 4.29. The summed E-state index contributed by atoms with van der Waals surface area (Å²) in [4.78, 5) is 12.3. The minimum Gasteiger partial charge on any atom is -0.497 e. The number of hydrogen-bond donors (Lipinski definition) is 0. The van der Waals surface area contributed by atoms with E-state index in [-0.39, 0.29) is 0 Å². The largest absolute Gasteiger partial charge is 0.497 e. The summed E-state index contributed by atoms with van der Waals surface area (Å²) < 4.78 is 5.24. The van der Waals surface area contributed by atoms with Crippen molar-refractivity contribution < 1.29 is 9.53 Å². The van der Waals surface area contributed by atoms with Crippen LogP contribution in [-0.4, -0.2) is 37.9 Å². The van der Waals surface area contributed by atoms with Crippen LogP contribution in [0.2, 0.25) is 0 Å². The number of carbonyl (C=O) groups excluding carboxylic acids is 1. The van der Waals surface area contributed by atoms with Crippen molar-refractivity contribution in [2.45, 2.75) is 84.5 Å². The fraction of sp³-hybridized carbons (Fsp3) is 0.667. The van der Waals surface area contributed by atoms with Gasteiger partial charge in [-0.15, -0.1) is 0 Å². The van der Waals surface area contributed by atoms with E-state index in [0.29, 0.717) is 12.1 Å². The molecule has 0 aliphatic heterocycles. The summed E-state index contributed by atoms with van der Waals surface area (Å²) in [5, 5.41) is 0. The first kappa shape index (κ1) is 26.4. The van der Waals surface area contributed by atoms with E-state index in [2.05, 4.69) is 56.5 Å². The third kappa shape index (κ3) is 10.4. The van der Waals surface area contributed by atoms with Gasteiger partial charge in [0.2, 0.25) is 0 Å². The maximum atomic E-state index is 10.1. The molecule has 30 heavy (non-hydrogen) atoms. The van der Waals surface area contributed by atoms with Crippen molar-refractivity contribution in [1.29, 1.82) is 0 Å². The molecule has 1 saturated carbocycles. The maximum absolute atomic E-state index is 10.1. The highest BCUT2D eigenvalue weighted by Gasteiger charge is 2.21. The topological polar surface area (TPSA) is 29.5 Å². The predicted octanol–water partition coefficient (Wildman–Crippen LogP) is 7.02. The third-order valence-electron chi connectivity index (χ3n) is 6.39. The Bertz CT molecular complexity index is 569. The van der Waals surface area contributed by atoms with Crippen LogP contribution in [0.1, 0.15) is 90.0 Å². The van der Waals surface area contributed by atoms with Gasteiger partial charge in [0, 0.05) is 6.54 Å². The van der Waals surface area contributed by atoms with Gasteiger partial charge < -0.3 is 4.74 Å². The molecule has 0 N–H and O–H groups in total. The number of nitrogens with zero attached hydrogens (tertiary/aromatic N) is 1. The summed E-state index contributed by atoms with van der Waals surface area (Å²) in [5.74, 6) is 2.76. The van der Waals surface area contributed by atoms with Crippen LogP contribution >= 0.6 is 0 Å². The van der Waals surface area contributed by atoms with Crippen LogP contribution in [0, 0.1) is 5.92 Å². The van der Waals surface area contributed by atoms with Crippen LogP contribution in [0.5, 0.6) is 5.75 Å². The van der Waals surface area contributed by atoms with E-state index in [1.807, 2.05) is 0 Å². The molecule has 0 atom stereocenters. The molecule has 0 aromatic heterocycles. The van der Waals surface area contributed by atoms with Gasteiger partial charge in [0.25, 0.3) is 0 Å². The van der Waals surface area contributed by atoms with E-state index in [1.54, 1.807) is 7.11 Å². The molecule has 0 spiro atoms.